The van der Waals surface area contributed by atoms with E-state index < -0.39 is 5.97 Å². The normalized spacial score (nSPS) is 19.9. The zero-order valence-electron chi connectivity index (χ0n) is 12.1. The monoisotopic (exact) mass is 270 g/mol. The van der Waals surface area contributed by atoms with Crippen LogP contribution in [0.2, 0.25) is 0 Å². The molecule has 5 heteroatoms. The number of aliphatic carboxylic acids is 1. The third-order valence-corrected chi connectivity index (χ3v) is 3.80. The van der Waals surface area contributed by atoms with E-state index in [1.165, 1.54) is 12.8 Å². The van der Waals surface area contributed by atoms with Gasteiger partial charge in [-0.2, -0.15) is 0 Å². The van der Waals surface area contributed by atoms with Crippen LogP contribution in [0.1, 0.15) is 51.9 Å². The molecule has 0 radical (unpaired) electrons. The van der Waals surface area contributed by atoms with Crippen LogP contribution < -0.4 is 0 Å². The number of amides is 2. The highest BCUT2D eigenvalue weighted by Crippen LogP contribution is 2.20. The highest BCUT2D eigenvalue weighted by atomic mass is 16.4. The predicted octanol–water partition coefficient (Wildman–Crippen LogP) is 2.56. The van der Waals surface area contributed by atoms with Gasteiger partial charge in [-0.3, -0.25) is 4.79 Å². The van der Waals surface area contributed by atoms with Crippen molar-refractivity contribution in [3.05, 3.63) is 0 Å². The summed E-state index contributed by atoms with van der Waals surface area (Å²) in [5.41, 5.74) is 0. The molecule has 1 saturated heterocycles. The molecule has 1 heterocycles. The van der Waals surface area contributed by atoms with Crippen molar-refractivity contribution in [2.24, 2.45) is 0 Å². The highest BCUT2D eigenvalue weighted by Gasteiger charge is 2.26. The van der Waals surface area contributed by atoms with E-state index in [1.54, 1.807) is 11.9 Å². The number of carboxylic acid groups (broad SMARTS) is 1. The van der Waals surface area contributed by atoms with Crippen LogP contribution in [0.25, 0.3) is 0 Å². The van der Waals surface area contributed by atoms with Crippen molar-refractivity contribution in [2.45, 2.75) is 57.9 Å². The average molecular weight is 270 g/mol. The van der Waals surface area contributed by atoms with Crippen molar-refractivity contribution < 1.29 is 14.7 Å². The zero-order valence-corrected chi connectivity index (χ0v) is 12.1. The molecule has 1 unspecified atom stereocenters. The van der Waals surface area contributed by atoms with Gasteiger partial charge in [0.25, 0.3) is 0 Å². The Labute approximate surface area is 115 Å². The Morgan fingerprint density at radius 1 is 1.32 bits per heavy atom. The quantitative estimate of drug-likeness (QED) is 0.835. The second kappa shape index (κ2) is 8.02. The maximum atomic E-state index is 12.4. The maximum Gasteiger partial charge on any atom is 0.319 e. The molecular weight excluding hydrogens is 244 g/mol. The van der Waals surface area contributed by atoms with Gasteiger partial charge >= 0.3 is 12.0 Å². The van der Waals surface area contributed by atoms with Gasteiger partial charge in [-0.25, -0.2) is 4.79 Å². The second-order valence-corrected chi connectivity index (χ2v) is 5.31. The topological polar surface area (TPSA) is 60.9 Å². The van der Waals surface area contributed by atoms with Gasteiger partial charge in [0.05, 0.1) is 0 Å². The van der Waals surface area contributed by atoms with Gasteiger partial charge in [-0.05, 0) is 25.7 Å². The van der Waals surface area contributed by atoms with Crippen molar-refractivity contribution in [1.29, 1.82) is 0 Å². The van der Waals surface area contributed by atoms with E-state index in [-0.39, 0.29) is 12.5 Å². The number of hydrogen-bond donors (Lipinski definition) is 1. The number of nitrogens with zero attached hydrogens (tertiary/aromatic N) is 2. The van der Waals surface area contributed by atoms with Crippen LogP contribution >= 0.6 is 0 Å². The van der Waals surface area contributed by atoms with E-state index in [0.29, 0.717) is 19.0 Å². The molecule has 110 valence electrons. The Balaban J connectivity index is 2.50. The van der Waals surface area contributed by atoms with Crippen molar-refractivity contribution >= 4 is 12.0 Å². The average Bonchev–Trinajstić information content (AvgIpc) is 2.62. The second-order valence-electron chi connectivity index (χ2n) is 5.31. The lowest BCUT2D eigenvalue weighted by Crippen LogP contribution is -2.46. The number of likely N-dealkylation sites (tertiary alicyclic amines) is 1. The van der Waals surface area contributed by atoms with Gasteiger partial charge in [0.2, 0.25) is 0 Å². The minimum absolute atomic E-state index is 0.0548. The molecule has 1 rings (SSSR count). The van der Waals surface area contributed by atoms with E-state index in [4.69, 9.17) is 5.11 Å². The summed E-state index contributed by atoms with van der Waals surface area (Å²) in [7, 11) is 1.77. The summed E-state index contributed by atoms with van der Waals surface area (Å²) in [4.78, 5) is 26.5. The molecule has 0 spiro atoms. The van der Waals surface area contributed by atoms with Crippen molar-refractivity contribution in [3.63, 3.8) is 0 Å². The number of rotatable bonds is 5. The van der Waals surface area contributed by atoms with Crippen molar-refractivity contribution in [3.8, 4) is 0 Å². The molecule has 0 aromatic heterocycles. The lowest BCUT2D eigenvalue weighted by atomic mass is 10.1. The Kier molecular flexibility index (Phi) is 6.67. The minimum Gasteiger partial charge on any atom is -0.481 e. The molecule has 0 aromatic carbocycles. The molecule has 1 fully saturated rings. The molecule has 0 aromatic rings. The van der Waals surface area contributed by atoms with E-state index in [9.17, 15) is 9.59 Å². The smallest absolute Gasteiger partial charge is 0.319 e. The van der Waals surface area contributed by atoms with E-state index >= 15 is 0 Å². The lowest BCUT2D eigenvalue weighted by Gasteiger charge is -2.33. The molecule has 2 amide bonds. The van der Waals surface area contributed by atoms with Crippen LogP contribution in [-0.2, 0) is 4.79 Å². The van der Waals surface area contributed by atoms with E-state index in [2.05, 4.69) is 6.92 Å². The molecule has 19 heavy (non-hydrogen) atoms. The number of carboxylic acids is 1. The summed E-state index contributed by atoms with van der Waals surface area (Å²) in [6.45, 7) is 3.47. The molecule has 1 aliphatic rings. The summed E-state index contributed by atoms with van der Waals surface area (Å²) in [5, 5.41) is 8.62. The molecule has 5 nitrogen and oxygen atoms in total. The first-order valence-corrected chi connectivity index (χ1v) is 7.29. The fourth-order valence-electron chi connectivity index (χ4n) is 2.64. The summed E-state index contributed by atoms with van der Waals surface area (Å²) >= 11 is 0. The van der Waals surface area contributed by atoms with Crippen molar-refractivity contribution in [1.82, 2.24) is 9.80 Å². The molecule has 0 bridgehead atoms. The van der Waals surface area contributed by atoms with Gasteiger partial charge in [0.15, 0.2) is 0 Å². The minimum atomic E-state index is -0.804. The van der Waals surface area contributed by atoms with Crippen LogP contribution in [-0.4, -0.2) is 53.1 Å². The summed E-state index contributed by atoms with van der Waals surface area (Å²) in [6, 6.07) is 0.399. The Morgan fingerprint density at radius 3 is 2.68 bits per heavy atom. The molecule has 0 saturated carbocycles. The van der Waals surface area contributed by atoms with Crippen LogP contribution in [0.3, 0.4) is 0 Å². The summed E-state index contributed by atoms with van der Waals surface area (Å²) in [6.07, 6.45) is 6.19. The number of carbonyl (C=O) groups is 2. The van der Waals surface area contributed by atoms with Gasteiger partial charge in [-0.1, -0.05) is 19.8 Å². The Morgan fingerprint density at radius 2 is 2.05 bits per heavy atom. The van der Waals surface area contributed by atoms with Crippen LogP contribution in [0.5, 0.6) is 0 Å². The van der Waals surface area contributed by atoms with Crippen LogP contribution in [0.15, 0.2) is 0 Å². The zero-order chi connectivity index (χ0) is 14.3. The fourth-order valence-corrected chi connectivity index (χ4v) is 2.64. The van der Waals surface area contributed by atoms with Crippen molar-refractivity contribution in [2.75, 3.05) is 20.1 Å². The van der Waals surface area contributed by atoms with E-state index in [0.717, 1.165) is 25.8 Å². The maximum absolute atomic E-state index is 12.4. The number of carbonyl (C=O) groups excluding carboxylic acids is 1. The van der Waals surface area contributed by atoms with Gasteiger partial charge in [-0.15, -0.1) is 0 Å². The third-order valence-electron chi connectivity index (χ3n) is 3.80. The van der Waals surface area contributed by atoms with E-state index in [1.807, 2.05) is 4.90 Å². The largest absolute Gasteiger partial charge is 0.481 e. The Bertz CT molecular complexity index is 307. The van der Waals surface area contributed by atoms with Crippen LogP contribution in [0, 0.1) is 0 Å². The summed E-state index contributed by atoms with van der Waals surface area (Å²) < 4.78 is 0. The third kappa shape index (κ3) is 5.09. The van der Waals surface area contributed by atoms with Crippen LogP contribution in [0.4, 0.5) is 4.79 Å². The fraction of sp³-hybridized carbons (Fsp3) is 0.857. The first kappa shape index (κ1) is 15.8. The number of hydrogen-bond acceptors (Lipinski definition) is 2. The highest BCUT2D eigenvalue weighted by molar-refractivity contribution is 5.74. The molecule has 1 N–H and O–H groups in total. The first-order chi connectivity index (χ1) is 9.06. The summed E-state index contributed by atoms with van der Waals surface area (Å²) in [5.74, 6) is -0.804. The molecule has 1 atom stereocenters. The molecular formula is C14H26N2O3. The van der Waals surface area contributed by atoms with Gasteiger partial charge in [0.1, 0.15) is 0 Å². The Hall–Kier alpha value is -1.26. The standard InChI is InChI=1S/C14H26N2O3/c1-3-12-8-5-4-6-11-16(12)14(19)15(2)10-7-9-13(17)18/h12H,3-11H2,1-2H3,(H,17,18). The first-order valence-electron chi connectivity index (χ1n) is 7.29. The number of urea groups is 1. The van der Waals surface area contributed by atoms with Gasteiger partial charge < -0.3 is 14.9 Å². The lowest BCUT2D eigenvalue weighted by molar-refractivity contribution is -0.137. The van der Waals surface area contributed by atoms with Gasteiger partial charge in [0, 0.05) is 32.6 Å². The molecule has 1 aliphatic heterocycles. The molecule has 0 aliphatic carbocycles. The predicted molar refractivity (Wildman–Crippen MR) is 74.1 cm³/mol. The SMILES string of the molecule is CCC1CCCCCN1C(=O)N(C)CCCC(=O)O.